The van der Waals surface area contributed by atoms with Gasteiger partial charge in [-0.2, -0.15) is 5.26 Å². The Balaban J connectivity index is 2.46. The summed E-state index contributed by atoms with van der Waals surface area (Å²) in [6.07, 6.45) is 1.12. The van der Waals surface area contributed by atoms with Crippen molar-refractivity contribution in [2.75, 3.05) is 7.11 Å². The van der Waals surface area contributed by atoms with E-state index < -0.39 is 17.6 Å². The molecule has 86 valence electrons. The van der Waals surface area contributed by atoms with Crippen molar-refractivity contribution in [1.82, 2.24) is 0 Å². The molecule has 0 N–H and O–H groups in total. The Labute approximate surface area is 98.3 Å². The van der Waals surface area contributed by atoms with E-state index in [0.717, 1.165) is 6.40 Å². The number of hydrogen-bond donors (Lipinski definition) is 0. The summed E-state index contributed by atoms with van der Waals surface area (Å²) in [6, 6.07) is 9.81. The lowest BCUT2D eigenvalue weighted by Crippen LogP contribution is -2.41. The van der Waals surface area contributed by atoms with Crippen LogP contribution in [0, 0.1) is 11.3 Å². The summed E-state index contributed by atoms with van der Waals surface area (Å²) >= 11 is 0. The first-order valence-electron chi connectivity index (χ1n) is 4.98. The topological polar surface area (TPSA) is 71.7 Å². The highest BCUT2D eigenvalue weighted by Crippen LogP contribution is 2.34. The van der Waals surface area contributed by atoms with Gasteiger partial charge in [-0.25, -0.2) is 9.79 Å². The zero-order chi connectivity index (χ0) is 12.3. The second-order valence-corrected chi connectivity index (χ2v) is 3.51. The number of benzene rings is 1. The molecule has 2 rings (SSSR count). The maximum Gasteiger partial charge on any atom is 0.336 e. The molecule has 2 atom stereocenters. The van der Waals surface area contributed by atoms with Crippen molar-refractivity contribution in [3.8, 4) is 6.07 Å². The van der Waals surface area contributed by atoms with E-state index in [1.165, 1.54) is 7.11 Å². The molecular formula is C12H10N2O3. The molecule has 5 heteroatoms. The Kier molecular flexibility index (Phi) is 2.79. The van der Waals surface area contributed by atoms with Gasteiger partial charge in [-0.15, -0.1) is 0 Å². The number of carbonyl (C=O) groups is 1. The molecule has 1 aliphatic rings. The summed E-state index contributed by atoms with van der Waals surface area (Å²) in [5.74, 6) is -0.593. The second-order valence-electron chi connectivity index (χ2n) is 3.51. The molecule has 0 aromatic heterocycles. The first kappa shape index (κ1) is 11.1. The molecule has 0 unspecified atom stereocenters. The summed E-state index contributed by atoms with van der Waals surface area (Å²) < 4.78 is 9.89. The van der Waals surface area contributed by atoms with Gasteiger partial charge in [-0.1, -0.05) is 30.3 Å². The SMILES string of the molecule is COC(=O)[C@H]1N=CO[C@@]1(C#N)c1ccccc1. The first-order chi connectivity index (χ1) is 8.24. The van der Waals surface area contributed by atoms with E-state index in [2.05, 4.69) is 9.73 Å². The van der Waals surface area contributed by atoms with Gasteiger partial charge in [0.2, 0.25) is 6.04 Å². The highest BCUT2D eigenvalue weighted by atomic mass is 16.5. The van der Waals surface area contributed by atoms with Crippen LogP contribution in [-0.4, -0.2) is 25.5 Å². The molecular weight excluding hydrogens is 220 g/mol. The molecule has 0 radical (unpaired) electrons. The number of methoxy groups -OCH3 is 1. The summed E-state index contributed by atoms with van der Waals surface area (Å²) in [7, 11) is 1.25. The number of nitriles is 1. The molecule has 0 bridgehead atoms. The zero-order valence-electron chi connectivity index (χ0n) is 9.16. The molecule has 1 aliphatic heterocycles. The van der Waals surface area contributed by atoms with E-state index in [1.807, 2.05) is 12.1 Å². The molecule has 0 saturated heterocycles. The fourth-order valence-corrected chi connectivity index (χ4v) is 1.75. The van der Waals surface area contributed by atoms with Crippen LogP contribution in [0.1, 0.15) is 5.56 Å². The van der Waals surface area contributed by atoms with E-state index in [9.17, 15) is 10.1 Å². The van der Waals surface area contributed by atoms with Crippen LogP contribution >= 0.6 is 0 Å². The number of carbonyl (C=O) groups excluding carboxylic acids is 1. The lowest BCUT2D eigenvalue weighted by molar-refractivity contribution is -0.145. The zero-order valence-corrected chi connectivity index (χ0v) is 9.16. The number of hydrogen-bond acceptors (Lipinski definition) is 5. The van der Waals surface area contributed by atoms with E-state index in [4.69, 9.17) is 4.74 Å². The van der Waals surface area contributed by atoms with Gasteiger partial charge in [0.05, 0.1) is 7.11 Å². The Morgan fingerprint density at radius 2 is 2.24 bits per heavy atom. The molecule has 0 aliphatic carbocycles. The van der Waals surface area contributed by atoms with E-state index in [0.29, 0.717) is 5.56 Å². The van der Waals surface area contributed by atoms with Gasteiger partial charge in [-0.05, 0) is 0 Å². The maximum atomic E-state index is 11.6. The van der Waals surface area contributed by atoms with Gasteiger partial charge in [0.25, 0.3) is 5.60 Å². The highest BCUT2D eigenvalue weighted by molar-refractivity contribution is 5.82. The lowest BCUT2D eigenvalue weighted by atomic mass is 9.88. The predicted molar refractivity (Wildman–Crippen MR) is 59.1 cm³/mol. The van der Waals surface area contributed by atoms with Gasteiger partial charge in [0.1, 0.15) is 6.07 Å². The summed E-state index contributed by atoms with van der Waals surface area (Å²) in [6.45, 7) is 0. The molecule has 0 saturated carbocycles. The Morgan fingerprint density at radius 1 is 1.53 bits per heavy atom. The van der Waals surface area contributed by atoms with Gasteiger partial charge >= 0.3 is 5.97 Å². The van der Waals surface area contributed by atoms with Crippen LogP contribution in [0.25, 0.3) is 0 Å². The summed E-state index contributed by atoms with van der Waals surface area (Å²) in [5, 5.41) is 9.32. The minimum atomic E-state index is -1.42. The lowest BCUT2D eigenvalue weighted by Gasteiger charge is -2.24. The smallest absolute Gasteiger partial charge is 0.336 e. The van der Waals surface area contributed by atoms with Crippen LogP contribution in [-0.2, 0) is 19.9 Å². The number of rotatable bonds is 2. The molecule has 0 spiro atoms. The van der Waals surface area contributed by atoms with Crippen molar-refractivity contribution in [3.05, 3.63) is 35.9 Å². The van der Waals surface area contributed by atoms with E-state index in [1.54, 1.807) is 24.3 Å². The van der Waals surface area contributed by atoms with Gasteiger partial charge < -0.3 is 9.47 Å². The third-order valence-electron chi connectivity index (χ3n) is 2.63. The van der Waals surface area contributed by atoms with Crippen molar-refractivity contribution in [2.24, 2.45) is 4.99 Å². The molecule has 0 fully saturated rings. The van der Waals surface area contributed by atoms with Crippen LogP contribution in [0.5, 0.6) is 0 Å². The monoisotopic (exact) mass is 230 g/mol. The minimum absolute atomic E-state index is 0.579. The van der Waals surface area contributed by atoms with Crippen molar-refractivity contribution in [3.63, 3.8) is 0 Å². The quantitative estimate of drug-likeness (QED) is 0.711. The Hall–Kier alpha value is -2.35. The van der Waals surface area contributed by atoms with Crippen LogP contribution in [0.4, 0.5) is 0 Å². The fraction of sp³-hybridized carbons (Fsp3) is 0.250. The predicted octanol–water partition coefficient (Wildman–Crippen LogP) is 1.01. The van der Waals surface area contributed by atoms with Gasteiger partial charge in [0.15, 0.2) is 6.40 Å². The third-order valence-corrected chi connectivity index (χ3v) is 2.63. The Morgan fingerprint density at radius 3 is 2.82 bits per heavy atom. The van der Waals surface area contributed by atoms with Crippen LogP contribution in [0.2, 0.25) is 0 Å². The average molecular weight is 230 g/mol. The fourth-order valence-electron chi connectivity index (χ4n) is 1.75. The van der Waals surface area contributed by atoms with Gasteiger partial charge in [0, 0.05) is 5.56 Å². The first-order valence-corrected chi connectivity index (χ1v) is 4.98. The normalized spacial score (nSPS) is 26.0. The molecule has 5 nitrogen and oxygen atoms in total. The van der Waals surface area contributed by atoms with E-state index in [-0.39, 0.29) is 0 Å². The van der Waals surface area contributed by atoms with Crippen molar-refractivity contribution >= 4 is 12.4 Å². The van der Waals surface area contributed by atoms with E-state index >= 15 is 0 Å². The number of nitrogens with zero attached hydrogens (tertiary/aromatic N) is 2. The summed E-state index contributed by atoms with van der Waals surface area (Å²) in [5.41, 5.74) is -0.843. The molecule has 1 heterocycles. The van der Waals surface area contributed by atoms with Crippen LogP contribution in [0.15, 0.2) is 35.3 Å². The highest BCUT2D eigenvalue weighted by Gasteiger charge is 2.51. The Bertz CT molecular complexity index is 492. The number of esters is 1. The van der Waals surface area contributed by atoms with Crippen LogP contribution < -0.4 is 0 Å². The average Bonchev–Trinajstić information content (AvgIpc) is 2.84. The largest absolute Gasteiger partial charge is 0.467 e. The second kappa shape index (κ2) is 4.26. The van der Waals surface area contributed by atoms with Crippen LogP contribution in [0.3, 0.4) is 0 Å². The number of ether oxygens (including phenoxy) is 2. The molecule has 1 aromatic rings. The third kappa shape index (κ3) is 1.64. The van der Waals surface area contributed by atoms with Crippen molar-refractivity contribution in [1.29, 1.82) is 5.26 Å². The standard InChI is InChI=1S/C12H10N2O3/c1-16-11(15)10-12(7-13,17-8-14-10)9-5-3-2-4-6-9/h2-6,8,10H,1H3/t10-,12+/m1/s1. The molecule has 1 aromatic carbocycles. The molecule has 17 heavy (non-hydrogen) atoms. The number of aliphatic imine (C=N–C) groups is 1. The van der Waals surface area contributed by atoms with Crippen molar-refractivity contribution in [2.45, 2.75) is 11.6 Å². The summed E-state index contributed by atoms with van der Waals surface area (Å²) in [4.78, 5) is 15.5. The minimum Gasteiger partial charge on any atom is -0.467 e. The van der Waals surface area contributed by atoms with Crippen molar-refractivity contribution < 1.29 is 14.3 Å². The molecule has 0 amide bonds. The van der Waals surface area contributed by atoms with Gasteiger partial charge in [-0.3, -0.25) is 0 Å². The maximum absolute atomic E-state index is 11.6.